The van der Waals surface area contributed by atoms with E-state index in [1.165, 1.54) is 68.6 Å². The Bertz CT molecular complexity index is 139. The van der Waals surface area contributed by atoms with E-state index in [1.807, 2.05) is 41.2 Å². The van der Waals surface area contributed by atoms with E-state index in [0.717, 1.165) is 0 Å². The van der Waals surface area contributed by atoms with Crippen molar-refractivity contribution >= 4 is 35.3 Å². The molecule has 0 amide bonds. The van der Waals surface area contributed by atoms with Gasteiger partial charge < -0.3 is 0 Å². The summed E-state index contributed by atoms with van der Waals surface area (Å²) < 4.78 is 0. The molecule has 109 valence electrons. The van der Waals surface area contributed by atoms with Crippen LogP contribution in [-0.2, 0) is 0 Å². The predicted molar refractivity (Wildman–Crippen MR) is 95.3 cm³/mol. The van der Waals surface area contributed by atoms with Gasteiger partial charge in [0.05, 0.1) is 0 Å². The summed E-state index contributed by atoms with van der Waals surface area (Å²) in [6.45, 7) is 0. The van der Waals surface area contributed by atoms with Gasteiger partial charge in [-0.1, -0.05) is 12.8 Å². The SMILES string of the molecule is CSCCCC[C](CCCCSC)CCCSC. The highest BCUT2D eigenvalue weighted by Gasteiger charge is 2.08. The largest absolute Gasteiger partial charge is 0.165 e. The quantitative estimate of drug-likeness (QED) is 0.374. The summed E-state index contributed by atoms with van der Waals surface area (Å²) in [6.07, 6.45) is 17.9. The van der Waals surface area contributed by atoms with Crippen LogP contribution in [0.1, 0.15) is 51.4 Å². The van der Waals surface area contributed by atoms with Crippen LogP contribution in [0.15, 0.2) is 0 Å². The highest BCUT2D eigenvalue weighted by atomic mass is 32.2. The first-order valence-electron chi connectivity index (χ1n) is 7.15. The van der Waals surface area contributed by atoms with E-state index in [9.17, 15) is 0 Å². The van der Waals surface area contributed by atoms with Crippen molar-refractivity contribution in [3.05, 3.63) is 5.92 Å². The van der Waals surface area contributed by atoms with Crippen molar-refractivity contribution in [2.24, 2.45) is 0 Å². The van der Waals surface area contributed by atoms with Gasteiger partial charge in [0.2, 0.25) is 0 Å². The molecule has 0 bridgehead atoms. The van der Waals surface area contributed by atoms with Gasteiger partial charge in [-0.05, 0) is 80.5 Å². The molecule has 0 aromatic carbocycles. The maximum atomic E-state index is 2.22. The van der Waals surface area contributed by atoms with Crippen LogP contribution >= 0.6 is 35.3 Å². The minimum absolute atomic E-state index is 1.33. The Kier molecular flexibility index (Phi) is 17.0. The lowest BCUT2D eigenvalue weighted by molar-refractivity contribution is 0.587. The number of rotatable bonds is 14. The Morgan fingerprint density at radius 3 is 1.39 bits per heavy atom. The average molecular weight is 308 g/mol. The van der Waals surface area contributed by atoms with Gasteiger partial charge in [-0.25, -0.2) is 0 Å². The van der Waals surface area contributed by atoms with Gasteiger partial charge in [0, 0.05) is 0 Å². The lowest BCUT2D eigenvalue weighted by Gasteiger charge is -2.16. The molecule has 0 spiro atoms. The van der Waals surface area contributed by atoms with E-state index in [0.29, 0.717) is 0 Å². The molecule has 0 saturated carbocycles. The van der Waals surface area contributed by atoms with Gasteiger partial charge in [-0.15, -0.1) is 0 Å². The summed E-state index contributed by atoms with van der Waals surface area (Å²) in [4.78, 5) is 0. The van der Waals surface area contributed by atoms with Crippen molar-refractivity contribution in [1.82, 2.24) is 0 Å². The van der Waals surface area contributed by atoms with Crippen LogP contribution < -0.4 is 0 Å². The Labute approximate surface area is 128 Å². The first-order chi connectivity index (χ1) is 8.85. The molecule has 0 unspecified atom stereocenters. The van der Waals surface area contributed by atoms with Gasteiger partial charge in [-0.2, -0.15) is 35.3 Å². The molecule has 0 aliphatic carbocycles. The zero-order valence-electron chi connectivity index (χ0n) is 12.5. The van der Waals surface area contributed by atoms with Crippen LogP contribution in [0, 0.1) is 5.92 Å². The lowest BCUT2D eigenvalue weighted by Crippen LogP contribution is -2.00. The van der Waals surface area contributed by atoms with E-state index in [4.69, 9.17) is 0 Å². The fourth-order valence-corrected chi connectivity index (χ4v) is 3.50. The standard InChI is InChI=1S/C15H31S3/c1-16-12-6-4-9-15(11-8-14-18-3)10-5-7-13-17-2/h4-14H2,1-3H3. The van der Waals surface area contributed by atoms with Crippen LogP contribution in [0.3, 0.4) is 0 Å². The second kappa shape index (κ2) is 16.1. The van der Waals surface area contributed by atoms with Crippen molar-refractivity contribution in [2.75, 3.05) is 36.0 Å². The minimum Gasteiger partial charge on any atom is -0.165 e. The van der Waals surface area contributed by atoms with Crippen molar-refractivity contribution in [3.8, 4) is 0 Å². The molecule has 0 aliphatic rings. The maximum absolute atomic E-state index is 2.22. The second-order valence-electron chi connectivity index (χ2n) is 4.75. The molecule has 3 heteroatoms. The van der Waals surface area contributed by atoms with Gasteiger partial charge in [0.1, 0.15) is 0 Å². The molecule has 0 aromatic heterocycles. The molecule has 0 aliphatic heterocycles. The van der Waals surface area contributed by atoms with E-state index < -0.39 is 0 Å². The van der Waals surface area contributed by atoms with Crippen molar-refractivity contribution in [1.29, 1.82) is 0 Å². The van der Waals surface area contributed by atoms with Crippen molar-refractivity contribution in [3.63, 3.8) is 0 Å². The fourth-order valence-electron chi connectivity index (χ4n) is 2.08. The molecule has 0 rings (SSSR count). The number of hydrogen-bond donors (Lipinski definition) is 0. The molecule has 0 atom stereocenters. The summed E-state index contributed by atoms with van der Waals surface area (Å²) in [5.74, 6) is 5.86. The molecule has 18 heavy (non-hydrogen) atoms. The highest BCUT2D eigenvalue weighted by molar-refractivity contribution is 7.98. The number of unbranched alkanes of at least 4 members (excludes halogenated alkanes) is 2. The van der Waals surface area contributed by atoms with E-state index in [-0.39, 0.29) is 0 Å². The zero-order valence-corrected chi connectivity index (χ0v) is 15.0. The van der Waals surface area contributed by atoms with Crippen molar-refractivity contribution in [2.45, 2.75) is 51.4 Å². The Morgan fingerprint density at radius 1 is 0.556 bits per heavy atom. The molecular formula is C15H31S3. The molecule has 0 N–H and O–H groups in total. The second-order valence-corrected chi connectivity index (χ2v) is 7.70. The third kappa shape index (κ3) is 13.5. The summed E-state index contributed by atoms with van der Waals surface area (Å²) in [5.41, 5.74) is 0. The third-order valence-electron chi connectivity index (χ3n) is 3.14. The predicted octanol–water partition coefficient (Wildman–Crippen LogP) is 5.77. The topological polar surface area (TPSA) is 0 Å². The van der Waals surface area contributed by atoms with Crippen LogP contribution in [0.2, 0.25) is 0 Å². The first-order valence-corrected chi connectivity index (χ1v) is 11.3. The van der Waals surface area contributed by atoms with E-state index >= 15 is 0 Å². The van der Waals surface area contributed by atoms with Crippen molar-refractivity contribution < 1.29 is 0 Å². The summed E-state index contributed by atoms with van der Waals surface area (Å²) in [7, 11) is 0. The van der Waals surface area contributed by atoms with E-state index in [1.54, 1.807) is 0 Å². The van der Waals surface area contributed by atoms with Gasteiger partial charge in [-0.3, -0.25) is 0 Å². The van der Waals surface area contributed by atoms with Gasteiger partial charge in [0.15, 0.2) is 0 Å². The number of thioether (sulfide) groups is 3. The highest BCUT2D eigenvalue weighted by Crippen LogP contribution is 2.25. The molecule has 0 nitrogen and oxygen atoms in total. The summed E-state index contributed by atoms with van der Waals surface area (Å²) >= 11 is 5.96. The normalized spacial score (nSPS) is 11.3. The van der Waals surface area contributed by atoms with Gasteiger partial charge in [0.25, 0.3) is 0 Å². The zero-order chi connectivity index (χ0) is 13.5. The summed E-state index contributed by atoms with van der Waals surface area (Å²) in [5, 5.41) is 0. The van der Waals surface area contributed by atoms with Crippen LogP contribution in [0.25, 0.3) is 0 Å². The third-order valence-corrected chi connectivity index (χ3v) is 5.23. The minimum atomic E-state index is 1.33. The van der Waals surface area contributed by atoms with Crippen LogP contribution in [-0.4, -0.2) is 36.0 Å². The van der Waals surface area contributed by atoms with Gasteiger partial charge >= 0.3 is 0 Å². The Hall–Kier alpha value is 1.05. The molecule has 0 fully saturated rings. The first kappa shape index (κ1) is 19.1. The van der Waals surface area contributed by atoms with Crippen LogP contribution in [0.5, 0.6) is 0 Å². The Morgan fingerprint density at radius 2 is 0.944 bits per heavy atom. The lowest BCUT2D eigenvalue weighted by atomic mass is 9.92. The summed E-state index contributed by atoms with van der Waals surface area (Å²) in [6, 6.07) is 0. The molecule has 0 heterocycles. The molecule has 1 radical (unpaired) electrons. The maximum Gasteiger partial charge on any atom is -0.00701 e. The number of hydrogen-bond acceptors (Lipinski definition) is 3. The smallest absolute Gasteiger partial charge is 0.00701 e. The monoisotopic (exact) mass is 307 g/mol. The van der Waals surface area contributed by atoms with Crippen LogP contribution in [0.4, 0.5) is 0 Å². The fraction of sp³-hybridized carbons (Fsp3) is 0.933. The molecule has 0 saturated heterocycles. The molecular weight excluding hydrogens is 276 g/mol. The Balaban J connectivity index is 3.62. The average Bonchev–Trinajstić information content (AvgIpc) is 2.39. The molecule has 0 aromatic rings. The van der Waals surface area contributed by atoms with E-state index in [2.05, 4.69) is 18.8 Å².